The number of benzene rings is 1. The van der Waals surface area contributed by atoms with Crippen LogP contribution in [-0.2, 0) is 16.1 Å². The molecule has 27 heavy (non-hydrogen) atoms. The Hall–Kier alpha value is -2.32. The molecule has 1 atom stereocenters. The van der Waals surface area contributed by atoms with Crippen LogP contribution < -0.4 is 0 Å². The number of nitrogens with zero attached hydrogens (tertiary/aromatic N) is 5. The molecule has 2 aliphatic rings. The van der Waals surface area contributed by atoms with Crippen molar-refractivity contribution in [3.63, 3.8) is 0 Å². The minimum Gasteiger partial charge on any atom is -0.390 e. The van der Waals surface area contributed by atoms with Gasteiger partial charge in [-0.2, -0.15) is 4.80 Å². The van der Waals surface area contributed by atoms with E-state index in [1.54, 1.807) is 0 Å². The van der Waals surface area contributed by atoms with E-state index < -0.39 is 5.60 Å². The Morgan fingerprint density at radius 1 is 1.22 bits per heavy atom. The van der Waals surface area contributed by atoms with Gasteiger partial charge in [-0.3, -0.25) is 4.79 Å². The molecule has 0 aliphatic carbocycles. The molecular weight excluding hydrogens is 346 g/mol. The second kappa shape index (κ2) is 7.01. The molecule has 0 saturated carbocycles. The average Bonchev–Trinajstić information content (AvgIpc) is 3.10. The zero-order chi connectivity index (χ0) is 18.9. The number of tetrazole rings is 1. The molecule has 1 aromatic carbocycles. The molecule has 2 saturated heterocycles. The number of piperidine rings is 1. The third-order valence-corrected chi connectivity index (χ3v) is 5.54. The topological polar surface area (TPSA) is 93.4 Å². The molecule has 0 bridgehead atoms. The van der Waals surface area contributed by atoms with Gasteiger partial charge in [-0.15, -0.1) is 10.2 Å². The van der Waals surface area contributed by atoms with E-state index in [2.05, 4.69) is 15.4 Å². The van der Waals surface area contributed by atoms with E-state index in [0.717, 1.165) is 18.4 Å². The third-order valence-electron chi connectivity index (χ3n) is 5.54. The van der Waals surface area contributed by atoms with Gasteiger partial charge in [0.05, 0.1) is 17.8 Å². The van der Waals surface area contributed by atoms with Gasteiger partial charge in [-0.05, 0) is 31.4 Å². The number of aliphatic hydroxyl groups is 1. The van der Waals surface area contributed by atoms with Gasteiger partial charge in [0.1, 0.15) is 6.54 Å². The largest absolute Gasteiger partial charge is 0.390 e. The van der Waals surface area contributed by atoms with Gasteiger partial charge in [-0.1, -0.05) is 30.3 Å². The van der Waals surface area contributed by atoms with E-state index in [1.165, 1.54) is 4.80 Å². The Morgan fingerprint density at radius 2 is 1.96 bits per heavy atom. The number of likely N-dealkylation sites (tertiary alicyclic amines) is 1. The summed E-state index contributed by atoms with van der Waals surface area (Å²) in [5.41, 5.74) is -0.106. The summed E-state index contributed by atoms with van der Waals surface area (Å²) in [4.78, 5) is 15.8. The molecule has 2 aliphatic heterocycles. The highest BCUT2D eigenvalue weighted by Gasteiger charge is 2.44. The molecule has 8 heteroatoms. The van der Waals surface area contributed by atoms with Crippen LogP contribution in [0.5, 0.6) is 0 Å². The molecule has 0 radical (unpaired) electrons. The SMILES string of the molecule is CC1(O)CCOC2(CCN(C(=O)Cn3nnc(-c4ccccc4)n3)CC2)C1. The lowest BCUT2D eigenvalue weighted by Crippen LogP contribution is -2.54. The predicted octanol–water partition coefficient (Wildman–Crippen LogP) is 1.26. The normalized spacial score (nSPS) is 24.9. The fourth-order valence-corrected chi connectivity index (χ4v) is 4.04. The quantitative estimate of drug-likeness (QED) is 0.873. The maximum atomic E-state index is 12.6. The fourth-order valence-electron chi connectivity index (χ4n) is 4.04. The smallest absolute Gasteiger partial charge is 0.246 e. The molecule has 144 valence electrons. The van der Waals surface area contributed by atoms with Crippen LogP contribution in [0.2, 0.25) is 0 Å². The Kier molecular flexibility index (Phi) is 4.69. The Labute approximate surface area is 158 Å². The molecule has 1 aromatic heterocycles. The van der Waals surface area contributed by atoms with Crippen molar-refractivity contribution < 1.29 is 14.6 Å². The van der Waals surface area contributed by atoms with Crippen molar-refractivity contribution in [2.75, 3.05) is 19.7 Å². The van der Waals surface area contributed by atoms with Crippen LogP contribution in [0.1, 0.15) is 32.6 Å². The van der Waals surface area contributed by atoms with E-state index >= 15 is 0 Å². The van der Waals surface area contributed by atoms with Crippen molar-refractivity contribution in [3.8, 4) is 11.4 Å². The number of hydrogen-bond acceptors (Lipinski definition) is 6. The van der Waals surface area contributed by atoms with E-state index in [9.17, 15) is 9.90 Å². The lowest BCUT2D eigenvalue weighted by molar-refractivity contribution is -0.175. The first-order valence-corrected chi connectivity index (χ1v) is 9.42. The first kappa shape index (κ1) is 18.1. The summed E-state index contributed by atoms with van der Waals surface area (Å²) in [6, 6.07) is 9.57. The Bertz CT molecular complexity index is 797. The monoisotopic (exact) mass is 371 g/mol. The summed E-state index contributed by atoms with van der Waals surface area (Å²) in [7, 11) is 0. The van der Waals surface area contributed by atoms with Crippen LogP contribution in [0.3, 0.4) is 0 Å². The first-order chi connectivity index (χ1) is 12.9. The van der Waals surface area contributed by atoms with E-state index in [4.69, 9.17) is 4.74 Å². The van der Waals surface area contributed by atoms with Crippen molar-refractivity contribution in [2.45, 2.75) is 50.4 Å². The third kappa shape index (κ3) is 4.01. The number of aromatic nitrogens is 4. The van der Waals surface area contributed by atoms with Crippen LogP contribution in [0, 0.1) is 0 Å². The summed E-state index contributed by atoms with van der Waals surface area (Å²) < 4.78 is 6.00. The molecule has 4 rings (SSSR count). The first-order valence-electron chi connectivity index (χ1n) is 9.42. The lowest BCUT2D eigenvalue weighted by atomic mass is 9.78. The second-order valence-electron chi connectivity index (χ2n) is 7.85. The number of hydrogen-bond donors (Lipinski definition) is 1. The van der Waals surface area contributed by atoms with Crippen molar-refractivity contribution in [2.24, 2.45) is 0 Å². The molecule has 2 aromatic rings. The molecule has 1 spiro atoms. The highest BCUT2D eigenvalue weighted by atomic mass is 16.5. The van der Waals surface area contributed by atoms with Crippen molar-refractivity contribution in [1.29, 1.82) is 0 Å². The Balaban J connectivity index is 1.34. The maximum absolute atomic E-state index is 12.6. The fraction of sp³-hybridized carbons (Fsp3) is 0.579. The van der Waals surface area contributed by atoms with Gasteiger partial charge in [-0.25, -0.2) is 0 Å². The summed E-state index contributed by atoms with van der Waals surface area (Å²) in [6.07, 6.45) is 2.79. The second-order valence-corrected chi connectivity index (χ2v) is 7.85. The van der Waals surface area contributed by atoms with Gasteiger partial charge in [0.25, 0.3) is 0 Å². The zero-order valence-electron chi connectivity index (χ0n) is 15.5. The molecular formula is C19H25N5O3. The van der Waals surface area contributed by atoms with Crippen LogP contribution in [0.15, 0.2) is 30.3 Å². The highest BCUT2D eigenvalue weighted by Crippen LogP contribution is 2.39. The van der Waals surface area contributed by atoms with Crippen LogP contribution in [0.25, 0.3) is 11.4 Å². The number of carbonyl (C=O) groups is 1. The molecule has 1 N–H and O–H groups in total. The summed E-state index contributed by atoms with van der Waals surface area (Å²) >= 11 is 0. The van der Waals surface area contributed by atoms with Crippen LogP contribution in [-0.4, -0.2) is 67.0 Å². The summed E-state index contributed by atoms with van der Waals surface area (Å²) in [5.74, 6) is 0.489. The molecule has 8 nitrogen and oxygen atoms in total. The van der Waals surface area contributed by atoms with Gasteiger partial charge in [0.2, 0.25) is 11.7 Å². The van der Waals surface area contributed by atoms with Gasteiger partial charge in [0, 0.05) is 25.1 Å². The predicted molar refractivity (Wildman–Crippen MR) is 97.6 cm³/mol. The van der Waals surface area contributed by atoms with Crippen molar-refractivity contribution in [1.82, 2.24) is 25.1 Å². The number of carbonyl (C=O) groups excluding carboxylic acids is 1. The van der Waals surface area contributed by atoms with E-state index in [0.29, 0.717) is 38.4 Å². The molecule has 1 amide bonds. The minimum absolute atomic E-state index is 0.0237. The Morgan fingerprint density at radius 3 is 2.67 bits per heavy atom. The zero-order valence-corrected chi connectivity index (χ0v) is 15.5. The summed E-state index contributed by atoms with van der Waals surface area (Å²) in [5, 5.41) is 22.7. The van der Waals surface area contributed by atoms with Crippen molar-refractivity contribution >= 4 is 5.91 Å². The van der Waals surface area contributed by atoms with Crippen LogP contribution >= 0.6 is 0 Å². The molecule has 1 unspecified atom stereocenters. The highest BCUT2D eigenvalue weighted by molar-refractivity contribution is 5.76. The van der Waals surface area contributed by atoms with E-state index in [1.807, 2.05) is 42.2 Å². The van der Waals surface area contributed by atoms with Gasteiger partial charge < -0.3 is 14.7 Å². The number of ether oxygens (including phenoxy) is 1. The summed E-state index contributed by atoms with van der Waals surface area (Å²) in [6.45, 7) is 3.76. The van der Waals surface area contributed by atoms with Gasteiger partial charge >= 0.3 is 0 Å². The molecule has 3 heterocycles. The standard InChI is InChI=1S/C19H25N5O3/c1-18(26)9-12-27-19(14-18)7-10-23(11-8-19)16(25)13-24-21-17(20-22-24)15-5-3-2-4-6-15/h2-6,26H,7-14H2,1H3. The van der Waals surface area contributed by atoms with Crippen molar-refractivity contribution in [3.05, 3.63) is 30.3 Å². The number of rotatable bonds is 3. The minimum atomic E-state index is -0.678. The number of amides is 1. The van der Waals surface area contributed by atoms with Gasteiger partial charge in [0.15, 0.2) is 0 Å². The van der Waals surface area contributed by atoms with Crippen LogP contribution in [0.4, 0.5) is 0 Å². The average molecular weight is 371 g/mol. The lowest BCUT2D eigenvalue weighted by Gasteiger charge is -2.48. The van der Waals surface area contributed by atoms with E-state index in [-0.39, 0.29) is 18.1 Å². The molecule has 2 fully saturated rings. The maximum Gasteiger partial charge on any atom is 0.246 e.